The van der Waals surface area contributed by atoms with Crippen LogP contribution in [0.1, 0.15) is 0 Å². The minimum absolute atomic E-state index is 0.0314. The summed E-state index contributed by atoms with van der Waals surface area (Å²) in [6.45, 7) is 0.461. The topological polar surface area (TPSA) is 49.8 Å². The molecule has 0 aliphatic carbocycles. The van der Waals surface area contributed by atoms with Gasteiger partial charge in [0.05, 0.1) is 6.26 Å². The molecule has 0 atom stereocenters. The second kappa shape index (κ2) is 3.65. The largest absolute Gasteiger partial charge is 0.496 e. The lowest BCUT2D eigenvalue weighted by Crippen LogP contribution is -2.18. The zero-order valence-electron chi connectivity index (χ0n) is 5.93. The Balaban J connectivity index is 2.48. The van der Waals surface area contributed by atoms with Gasteiger partial charge in [0.2, 0.25) is 0 Å². The van der Waals surface area contributed by atoms with Crippen molar-refractivity contribution in [3.05, 3.63) is 24.7 Å². The van der Waals surface area contributed by atoms with E-state index in [1.807, 2.05) is 0 Å². The SMILES string of the molecule is O=C(O)CN1C=CCOC=C1. The van der Waals surface area contributed by atoms with Crippen molar-refractivity contribution in [2.75, 3.05) is 13.2 Å². The van der Waals surface area contributed by atoms with Gasteiger partial charge in [-0.3, -0.25) is 4.79 Å². The lowest BCUT2D eigenvalue weighted by molar-refractivity contribution is -0.137. The van der Waals surface area contributed by atoms with Gasteiger partial charge in [-0.25, -0.2) is 0 Å². The van der Waals surface area contributed by atoms with Crippen LogP contribution in [0.2, 0.25) is 0 Å². The minimum Gasteiger partial charge on any atom is -0.496 e. The van der Waals surface area contributed by atoms with Crippen LogP contribution in [0.15, 0.2) is 24.7 Å². The van der Waals surface area contributed by atoms with E-state index in [1.165, 1.54) is 11.2 Å². The first-order valence-corrected chi connectivity index (χ1v) is 3.21. The molecule has 0 unspecified atom stereocenters. The van der Waals surface area contributed by atoms with Crippen molar-refractivity contribution >= 4 is 5.97 Å². The summed E-state index contributed by atoms with van der Waals surface area (Å²) in [4.78, 5) is 11.8. The summed E-state index contributed by atoms with van der Waals surface area (Å²) in [5.74, 6) is -0.860. The van der Waals surface area contributed by atoms with Crippen molar-refractivity contribution < 1.29 is 14.6 Å². The number of hydrogen-bond donors (Lipinski definition) is 1. The first kappa shape index (κ1) is 7.65. The smallest absolute Gasteiger partial charge is 0.323 e. The molecule has 0 saturated heterocycles. The van der Waals surface area contributed by atoms with Gasteiger partial charge >= 0.3 is 5.97 Å². The van der Waals surface area contributed by atoms with E-state index >= 15 is 0 Å². The fourth-order valence-corrected chi connectivity index (χ4v) is 0.722. The maximum atomic E-state index is 10.2. The van der Waals surface area contributed by atoms with Crippen molar-refractivity contribution in [3.63, 3.8) is 0 Å². The Morgan fingerprint density at radius 1 is 1.64 bits per heavy atom. The van der Waals surface area contributed by atoms with Crippen LogP contribution in [0.5, 0.6) is 0 Å². The lowest BCUT2D eigenvalue weighted by atomic mass is 10.5. The Morgan fingerprint density at radius 2 is 2.45 bits per heavy atom. The summed E-state index contributed by atoms with van der Waals surface area (Å²) < 4.78 is 4.90. The first-order chi connectivity index (χ1) is 5.29. The van der Waals surface area contributed by atoms with Crippen molar-refractivity contribution in [2.45, 2.75) is 0 Å². The Bertz CT molecular complexity index is 184. The molecule has 4 nitrogen and oxygen atoms in total. The van der Waals surface area contributed by atoms with Crippen LogP contribution < -0.4 is 0 Å². The summed E-state index contributed by atoms with van der Waals surface area (Å²) in [6.07, 6.45) is 6.49. The van der Waals surface area contributed by atoms with Crippen LogP contribution in [0.25, 0.3) is 0 Å². The number of nitrogens with zero attached hydrogens (tertiary/aromatic N) is 1. The van der Waals surface area contributed by atoms with Crippen molar-refractivity contribution in [2.24, 2.45) is 0 Å². The summed E-state index contributed by atoms with van der Waals surface area (Å²) in [6, 6.07) is 0. The van der Waals surface area contributed by atoms with Crippen LogP contribution in [0.3, 0.4) is 0 Å². The molecule has 0 aromatic carbocycles. The predicted molar refractivity (Wildman–Crippen MR) is 38.6 cm³/mol. The van der Waals surface area contributed by atoms with Gasteiger partial charge in [0.1, 0.15) is 13.2 Å². The number of rotatable bonds is 2. The van der Waals surface area contributed by atoms with E-state index in [1.54, 1.807) is 18.5 Å². The molecule has 0 aromatic heterocycles. The van der Waals surface area contributed by atoms with Gasteiger partial charge in [0, 0.05) is 12.4 Å². The van der Waals surface area contributed by atoms with Gasteiger partial charge in [-0.1, -0.05) is 0 Å². The van der Waals surface area contributed by atoms with E-state index in [0.717, 1.165) is 0 Å². The third-order valence-corrected chi connectivity index (χ3v) is 1.16. The fraction of sp³-hybridized carbons (Fsp3) is 0.286. The Morgan fingerprint density at radius 3 is 3.18 bits per heavy atom. The average molecular weight is 155 g/mol. The molecular weight excluding hydrogens is 146 g/mol. The number of carboxylic acid groups (broad SMARTS) is 1. The molecule has 0 aromatic rings. The van der Waals surface area contributed by atoms with Crippen LogP contribution in [0, 0.1) is 0 Å². The number of hydrogen-bond acceptors (Lipinski definition) is 3. The van der Waals surface area contributed by atoms with E-state index in [2.05, 4.69) is 0 Å². The summed E-state index contributed by atoms with van der Waals surface area (Å²) in [5, 5.41) is 8.41. The zero-order chi connectivity index (χ0) is 8.10. The van der Waals surface area contributed by atoms with Crippen LogP contribution in [0.4, 0.5) is 0 Å². The highest BCUT2D eigenvalue weighted by molar-refractivity contribution is 5.69. The Kier molecular flexibility index (Phi) is 2.54. The molecular formula is C7H9NO3. The molecule has 1 N–H and O–H groups in total. The lowest BCUT2D eigenvalue weighted by Gasteiger charge is -2.08. The molecule has 0 spiro atoms. The van der Waals surface area contributed by atoms with Gasteiger partial charge in [-0.05, 0) is 6.08 Å². The predicted octanol–water partition coefficient (Wildman–Crippen LogP) is 0.388. The van der Waals surface area contributed by atoms with Crippen LogP contribution in [-0.2, 0) is 9.53 Å². The molecule has 0 radical (unpaired) electrons. The monoisotopic (exact) mass is 155 g/mol. The highest BCUT2D eigenvalue weighted by Crippen LogP contribution is 1.96. The van der Waals surface area contributed by atoms with E-state index in [4.69, 9.17) is 9.84 Å². The van der Waals surface area contributed by atoms with E-state index in [-0.39, 0.29) is 6.54 Å². The molecule has 0 fully saturated rings. The highest BCUT2D eigenvalue weighted by Gasteiger charge is 2.02. The summed E-state index contributed by atoms with van der Waals surface area (Å²) >= 11 is 0. The van der Waals surface area contributed by atoms with Gasteiger partial charge in [-0.2, -0.15) is 0 Å². The van der Waals surface area contributed by atoms with Gasteiger partial charge < -0.3 is 14.7 Å². The van der Waals surface area contributed by atoms with Gasteiger partial charge in [-0.15, -0.1) is 0 Å². The Labute approximate surface area is 64.4 Å². The van der Waals surface area contributed by atoms with Crippen molar-refractivity contribution in [1.29, 1.82) is 0 Å². The summed E-state index contributed by atoms with van der Waals surface area (Å²) in [5.41, 5.74) is 0. The van der Waals surface area contributed by atoms with Crippen LogP contribution >= 0.6 is 0 Å². The maximum Gasteiger partial charge on any atom is 0.323 e. The second-order valence-corrected chi connectivity index (χ2v) is 2.07. The first-order valence-electron chi connectivity index (χ1n) is 3.21. The third kappa shape index (κ3) is 2.75. The fourth-order valence-electron chi connectivity index (χ4n) is 0.722. The van der Waals surface area contributed by atoms with Crippen molar-refractivity contribution in [1.82, 2.24) is 4.90 Å². The number of carboxylic acids is 1. The molecule has 0 amide bonds. The Hall–Kier alpha value is -1.45. The van der Waals surface area contributed by atoms with E-state index < -0.39 is 5.97 Å². The molecule has 4 heteroatoms. The molecule has 1 aliphatic rings. The van der Waals surface area contributed by atoms with Gasteiger partial charge in [0.25, 0.3) is 0 Å². The van der Waals surface area contributed by atoms with Crippen LogP contribution in [-0.4, -0.2) is 29.1 Å². The molecule has 1 aliphatic heterocycles. The zero-order valence-corrected chi connectivity index (χ0v) is 5.93. The third-order valence-electron chi connectivity index (χ3n) is 1.16. The molecule has 0 bridgehead atoms. The normalized spacial score (nSPS) is 15.8. The molecule has 1 heterocycles. The van der Waals surface area contributed by atoms with Crippen molar-refractivity contribution in [3.8, 4) is 0 Å². The average Bonchev–Trinajstić information content (AvgIpc) is 2.14. The molecule has 0 saturated carbocycles. The molecule has 11 heavy (non-hydrogen) atoms. The number of aliphatic carboxylic acids is 1. The summed E-state index contributed by atoms with van der Waals surface area (Å²) in [7, 11) is 0. The van der Waals surface area contributed by atoms with E-state index in [9.17, 15) is 4.79 Å². The number of carbonyl (C=O) groups is 1. The second-order valence-electron chi connectivity index (χ2n) is 2.07. The highest BCUT2D eigenvalue weighted by atomic mass is 16.5. The maximum absolute atomic E-state index is 10.2. The minimum atomic E-state index is -0.860. The molecule has 60 valence electrons. The quantitative estimate of drug-likeness (QED) is 0.626. The van der Waals surface area contributed by atoms with Gasteiger partial charge in [0.15, 0.2) is 0 Å². The standard InChI is InChI=1S/C7H9NO3/c9-7(10)6-8-2-1-4-11-5-3-8/h1-3,5H,4,6H2,(H,9,10). The van der Waals surface area contributed by atoms with E-state index in [0.29, 0.717) is 6.61 Å². The molecule has 1 rings (SSSR count). The number of ether oxygens (including phenoxy) is 1.